The average Bonchev–Trinajstić information content (AvgIpc) is 3.00. The van der Waals surface area contributed by atoms with E-state index in [1.807, 2.05) is 12.1 Å². The van der Waals surface area contributed by atoms with E-state index in [4.69, 9.17) is 10.7 Å². The Balaban J connectivity index is 1.63. The van der Waals surface area contributed by atoms with E-state index in [0.717, 1.165) is 31.2 Å². The van der Waals surface area contributed by atoms with Gasteiger partial charge in [0, 0.05) is 25.2 Å². The number of nitrogens with one attached hydrogen (secondary N) is 2. The maximum atomic E-state index is 12.0. The summed E-state index contributed by atoms with van der Waals surface area (Å²) in [6.07, 6.45) is 10.8. The van der Waals surface area contributed by atoms with Crippen LogP contribution in [0.15, 0.2) is 29.3 Å². The van der Waals surface area contributed by atoms with Crippen LogP contribution < -0.4 is 16.4 Å². The van der Waals surface area contributed by atoms with Crippen molar-refractivity contribution in [3.63, 3.8) is 0 Å². The minimum absolute atomic E-state index is 0.158. The molecular formula is C24H37N5O2. The second kappa shape index (κ2) is 11.2. The van der Waals surface area contributed by atoms with E-state index in [9.17, 15) is 9.59 Å². The molecule has 1 aliphatic carbocycles. The van der Waals surface area contributed by atoms with E-state index in [1.165, 1.54) is 51.4 Å². The summed E-state index contributed by atoms with van der Waals surface area (Å²) in [5, 5.41) is 5.99. The number of piperidine rings is 1. The normalized spacial score (nSPS) is 19.0. The average molecular weight is 428 g/mol. The zero-order valence-electron chi connectivity index (χ0n) is 18.8. The molecule has 0 atom stereocenters. The van der Waals surface area contributed by atoms with Gasteiger partial charge in [-0.2, -0.15) is 0 Å². The molecule has 1 aromatic rings. The number of benzene rings is 1. The number of nitrogens with two attached hydrogens (primary N) is 1. The summed E-state index contributed by atoms with van der Waals surface area (Å²) in [5.74, 6) is 0.136. The largest absolute Gasteiger partial charge is 0.368 e. The number of amides is 2. The van der Waals surface area contributed by atoms with Crippen molar-refractivity contribution in [1.82, 2.24) is 15.5 Å². The lowest BCUT2D eigenvalue weighted by Crippen LogP contribution is -2.50. The Labute approximate surface area is 185 Å². The topological polar surface area (TPSA) is 99.8 Å². The molecule has 1 heterocycles. The molecule has 1 saturated heterocycles. The van der Waals surface area contributed by atoms with E-state index < -0.39 is 5.91 Å². The van der Waals surface area contributed by atoms with Gasteiger partial charge >= 0.3 is 0 Å². The van der Waals surface area contributed by atoms with Gasteiger partial charge in [0.25, 0.3) is 5.91 Å². The Bertz CT molecular complexity index is 767. The fourth-order valence-corrected chi connectivity index (χ4v) is 4.90. The second-order valence-electron chi connectivity index (χ2n) is 8.96. The predicted octanol–water partition coefficient (Wildman–Crippen LogP) is 2.80. The Hall–Kier alpha value is -2.57. The van der Waals surface area contributed by atoms with Crippen molar-refractivity contribution in [2.45, 2.75) is 64.8 Å². The molecule has 2 fully saturated rings. The summed E-state index contributed by atoms with van der Waals surface area (Å²) in [6, 6.07) is 7.34. The number of rotatable bonds is 6. The number of nitrogens with zero attached hydrogens (tertiary/aromatic N) is 2. The van der Waals surface area contributed by atoms with Gasteiger partial charge in [-0.3, -0.25) is 9.59 Å². The van der Waals surface area contributed by atoms with E-state index in [2.05, 4.69) is 22.5 Å². The van der Waals surface area contributed by atoms with Gasteiger partial charge in [0.2, 0.25) is 5.91 Å². The van der Waals surface area contributed by atoms with Gasteiger partial charge in [0.15, 0.2) is 5.96 Å². The molecule has 7 heteroatoms. The number of primary amides is 1. The highest BCUT2D eigenvalue weighted by Gasteiger charge is 2.36. The maximum Gasteiger partial charge on any atom is 0.251 e. The molecule has 7 nitrogen and oxygen atoms in total. The summed E-state index contributed by atoms with van der Waals surface area (Å²) in [5.41, 5.74) is 7.09. The molecule has 3 rings (SSSR count). The van der Waals surface area contributed by atoms with Crippen LogP contribution in [0.5, 0.6) is 0 Å². The highest BCUT2D eigenvalue weighted by atomic mass is 16.2. The van der Waals surface area contributed by atoms with Crippen LogP contribution in [0.2, 0.25) is 0 Å². The maximum absolute atomic E-state index is 12.0. The zero-order chi connectivity index (χ0) is 22.1. The minimum Gasteiger partial charge on any atom is -0.368 e. The zero-order valence-corrected chi connectivity index (χ0v) is 18.8. The Morgan fingerprint density at radius 3 is 2.35 bits per heavy atom. The van der Waals surface area contributed by atoms with Gasteiger partial charge in [-0.1, -0.05) is 37.8 Å². The molecule has 170 valence electrons. The molecule has 2 aliphatic rings. The summed E-state index contributed by atoms with van der Waals surface area (Å²) in [4.78, 5) is 30.2. The van der Waals surface area contributed by atoms with Gasteiger partial charge in [0.1, 0.15) is 0 Å². The van der Waals surface area contributed by atoms with Crippen LogP contribution in [0.1, 0.15) is 74.2 Å². The Morgan fingerprint density at radius 1 is 1.03 bits per heavy atom. The van der Waals surface area contributed by atoms with Gasteiger partial charge in [-0.25, -0.2) is 4.99 Å². The summed E-state index contributed by atoms with van der Waals surface area (Å²) >= 11 is 0. The van der Waals surface area contributed by atoms with Crippen LogP contribution in [0.25, 0.3) is 0 Å². The molecule has 1 aromatic carbocycles. The van der Waals surface area contributed by atoms with Gasteiger partial charge < -0.3 is 21.3 Å². The first-order valence-corrected chi connectivity index (χ1v) is 11.7. The molecule has 0 bridgehead atoms. The number of carbonyl (C=O) groups is 2. The molecular weight excluding hydrogens is 390 g/mol. The van der Waals surface area contributed by atoms with Gasteiger partial charge in [0.05, 0.1) is 13.1 Å². The van der Waals surface area contributed by atoms with Crippen molar-refractivity contribution in [3.05, 3.63) is 35.4 Å². The highest BCUT2D eigenvalue weighted by Crippen LogP contribution is 2.42. The highest BCUT2D eigenvalue weighted by molar-refractivity contribution is 5.96. The molecule has 1 spiro atoms. The van der Waals surface area contributed by atoms with E-state index >= 15 is 0 Å². The number of guanidine groups is 1. The minimum atomic E-state index is -0.557. The number of carbonyl (C=O) groups excluding carboxylic acids is 2. The Kier molecular flexibility index (Phi) is 8.32. The van der Waals surface area contributed by atoms with E-state index in [1.54, 1.807) is 12.1 Å². The summed E-state index contributed by atoms with van der Waals surface area (Å²) in [6.45, 7) is 5.54. The van der Waals surface area contributed by atoms with Crippen molar-refractivity contribution in [1.29, 1.82) is 0 Å². The van der Waals surface area contributed by atoms with E-state index in [-0.39, 0.29) is 12.5 Å². The summed E-state index contributed by atoms with van der Waals surface area (Å²) in [7, 11) is 0. The number of hydrogen-bond acceptors (Lipinski definition) is 3. The number of likely N-dealkylation sites (tertiary alicyclic amines) is 1. The first-order valence-electron chi connectivity index (χ1n) is 11.7. The lowest BCUT2D eigenvalue weighted by Gasteiger charge is -2.44. The van der Waals surface area contributed by atoms with Crippen LogP contribution in [0.4, 0.5) is 0 Å². The van der Waals surface area contributed by atoms with Crippen LogP contribution >= 0.6 is 0 Å². The third-order valence-corrected chi connectivity index (χ3v) is 6.51. The van der Waals surface area contributed by atoms with E-state index in [0.29, 0.717) is 17.5 Å². The SMILES string of the molecule is CCNC(=NCc1ccc(C(=O)NCC(N)=O)cc1)N1CCCC2(CCCCCC2)C1. The second-order valence-corrected chi connectivity index (χ2v) is 8.96. The lowest BCUT2D eigenvalue weighted by atomic mass is 9.74. The predicted molar refractivity (Wildman–Crippen MR) is 124 cm³/mol. The standard InChI is InChI=1S/C24H37N5O2/c1-2-26-23(29-15-7-14-24(18-29)12-5-3-4-6-13-24)28-16-19-8-10-20(11-9-19)22(31)27-17-21(25)30/h8-11H,2-7,12-18H2,1H3,(H2,25,30)(H,26,28)(H,27,31). The van der Waals surface area contributed by atoms with Crippen LogP contribution in [-0.2, 0) is 11.3 Å². The van der Waals surface area contributed by atoms with Crippen molar-refractivity contribution in [2.24, 2.45) is 16.1 Å². The smallest absolute Gasteiger partial charge is 0.251 e. The van der Waals surface area contributed by atoms with Crippen LogP contribution in [0, 0.1) is 5.41 Å². The molecule has 0 unspecified atom stereocenters. The summed E-state index contributed by atoms with van der Waals surface area (Å²) < 4.78 is 0. The van der Waals surface area contributed by atoms with Crippen LogP contribution in [0.3, 0.4) is 0 Å². The van der Waals surface area contributed by atoms with Crippen molar-refractivity contribution in [2.75, 3.05) is 26.2 Å². The molecule has 1 saturated carbocycles. The molecule has 0 aromatic heterocycles. The Morgan fingerprint density at radius 2 is 1.71 bits per heavy atom. The van der Waals surface area contributed by atoms with Crippen LogP contribution in [-0.4, -0.2) is 48.9 Å². The molecule has 31 heavy (non-hydrogen) atoms. The van der Waals surface area contributed by atoms with Gasteiger partial charge in [-0.15, -0.1) is 0 Å². The number of aliphatic imine (C=N–C) groups is 1. The molecule has 1 aliphatic heterocycles. The third kappa shape index (κ3) is 6.71. The molecule has 0 radical (unpaired) electrons. The third-order valence-electron chi connectivity index (χ3n) is 6.51. The lowest BCUT2D eigenvalue weighted by molar-refractivity contribution is -0.117. The number of hydrogen-bond donors (Lipinski definition) is 3. The first-order chi connectivity index (χ1) is 15.0. The first kappa shape index (κ1) is 23.1. The molecule has 4 N–H and O–H groups in total. The van der Waals surface area contributed by atoms with Crippen molar-refractivity contribution >= 4 is 17.8 Å². The monoisotopic (exact) mass is 427 g/mol. The van der Waals surface area contributed by atoms with Crippen molar-refractivity contribution < 1.29 is 9.59 Å². The molecule has 2 amide bonds. The fraction of sp³-hybridized carbons (Fsp3) is 0.625. The quantitative estimate of drug-likeness (QED) is 0.480. The van der Waals surface area contributed by atoms with Gasteiger partial charge in [-0.05, 0) is 55.7 Å². The fourth-order valence-electron chi connectivity index (χ4n) is 4.90. The van der Waals surface area contributed by atoms with Crippen molar-refractivity contribution in [3.8, 4) is 0 Å².